The second kappa shape index (κ2) is 9.54. The lowest BCUT2D eigenvalue weighted by Crippen LogP contribution is -2.48. The minimum atomic E-state index is -1.37. The molecule has 4 amide bonds. The van der Waals surface area contributed by atoms with Gasteiger partial charge in [0.1, 0.15) is 12.1 Å². The van der Waals surface area contributed by atoms with Crippen LogP contribution in [-0.4, -0.2) is 54.3 Å². The molecule has 34 heavy (non-hydrogen) atoms. The molecule has 2 atom stereocenters. The van der Waals surface area contributed by atoms with E-state index in [9.17, 15) is 19.2 Å². The Morgan fingerprint density at radius 3 is 2.50 bits per heavy atom. The molecule has 1 fully saturated rings. The summed E-state index contributed by atoms with van der Waals surface area (Å²) in [5, 5.41) is 5.33. The first kappa shape index (κ1) is 23.3. The molecule has 9 heteroatoms. The molecule has 2 N–H and O–H groups in total. The summed E-state index contributed by atoms with van der Waals surface area (Å²) >= 11 is 0. The Morgan fingerprint density at radius 2 is 1.79 bits per heavy atom. The second-order valence-corrected chi connectivity index (χ2v) is 8.58. The van der Waals surface area contributed by atoms with Crippen molar-refractivity contribution in [3.8, 4) is 11.5 Å². The zero-order chi connectivity index (χ0) is 24.3. The van der Waals surface area contributed by atoms with Crippen LogP contribution in [0.3, 0.4) is 0 Å². The fourth-order valence-electron chi connectivity index (χ4n) is 4.04. The first-order valence-corrected chi connectivity index (χ1v) is 11.2. The number of carbonyl (C=O) groups is 4. The quantitative estimate of drug-likeness (QED) is 0.604. The highest BCUT2D eigenvalue weighted by molar-refractivity contribution is 6.09. The SMILES string of the molecule is CC(=O)[C@@H](Cc1ccccc1)NC(=O)CN1C(=O)N[C@@](C)(c2ccc3c(c2)OCCCO3)C1=O. The van der Waals surface area contributed by atoms with Gasteiger partial charge in [0.15, 0.2) is 17.3 Å². The van der Waals surface area contributed by atoms with Gasteiger partial charge in [-0.05, 0) is 43.5 Å². The van der Waals surface area contributed by atoms with Crippen LogP contribution in [0.2, 0.25) is 0 Å². The number of carbonyl (C=O) groups excluding carboxylic acids is 4. The molecule has 0 spiro atoms. The van der Waals surface area contributed by atoms with E-state index in [1.54, 1.807) is 25.1 Å². The number of benzene rings is 2. The normalized spacial score (nSPS) is 20.4. The molecule has 0 aliphatic carbocycles. The number of nitrogens with zero attached hydrogens (tertiary/aromatic N) is 1. The van der Waals surface area contributed by atoms with Crippen molar-refractivity contribution < 1.29 is 28.7 Å². The maximum Gasteiger partial charge on any atom is 0.325 e. The summed E-state index contributed by atoms with van der Waals surface area (Å²) in [4.78, 5) is 51.5. The lowest BCUT2D eigenvalue weighted by Gasteiger charge is -2.23. The molecule has 2 aromatic rings. The Balaban J connectivity index is 1.46. The number of hydrogen-bond donors (Lipinski definition) is 2. The molecular weight excluding hydrogens is 438 g/mol. The summed E-state index contributed by atoms with van der Waals surface area (Å²) in [5.74, 6) is -0.301. The predicted octanol–water partition coefficient (Wildman–Crippen LogP) is 1.93. The Hall–Kier alpha value is -3.88. The average molecular weight is 466 g/mol. The molecule has 9 nitrogen and oxygen atoms in total. The number of amides is 4. The Labute approximate surface area is 197 Å². The second-order valence-electron chi connectivity index (χ2n) is 8.58. The van der Waals surface area contributed by atoms with E-state index in [0.29, 0.717) is 36.7 Å². The van der Waals surface area contributed by atoms with Gasteiger partial charge in [-0.1, -0.05) is 36.4 Å². The molecule has 0 bridgehead atoms. The minimum absolute atomic E-state index is 0.216. The number of imide groups is 1. The number of nitrogens with one attached hydrogen (secondary N) is 2. The van der Waals surface area contributed by atoms with E-state index in [4.69, 9.17) is 9.47 Å². The van der Waals surface area contributed by atoms with E-state index >= 15 is 0 Å². The summed E-state index contributed by atoms with van der Waals surface area (Å²) in [5.41, 5.74) is 0.0372. The molecule has 2 aliphatic heterocycles. The number of rotatable bonds is 7. The highest BCUT2D eigenvalue weighted by atomic mass is 16.5. The number of hydrogen-bond acceptors (Lipinski definition) is 6. The van der Waals surface area contributed by atoms with Gasteiger partial charge in [-0.2, -0.15) is 0 Å². The van der Waals surface area contributed by atoms with Crippen LogP contribution in [0.4, 0.5) is 4.79 Å². The third kappa shape index (κ3) is 4.73. The van der Waals surface area contributed by atoms with Gasteiger partial charge in [-0.15, -0.1) is 0 Å². The third-order valence-electron chi connectivity index (χ3n) is 6.01. The van der Waals surface area contributed by atoms with Crippen LogP contribution in [0, 0.1) is 0 Å². The Kier molecular flexibility index (Phi) is 6.54. The van der Waals surface area contributed by atoms with Crippen LogP contribution in [0.15, 0.2) is 48.5 Å². The minimum Gasteiger partial charge on any atom is -0.490 e. The lowest BCUT2D eigenvalue weighted by atomic mass is 9.91. The van der Waals surface area contributed by atoms with Gasteiger partial charge >= 0.3 is 6.03 Å². The molecule has 1 saturated heterocycles. The van der Waals surface area contributed by atoms with Crippen molar-refractivity contribution in [2.45, 2.75) is 38.3 Å². The summed E-state index contributed by atoms with van der Waals surface area (Å²) in [6.45, 7) is 3.50. The number of ketones is 1. The maximum absolute atomic E-state index is 13.2. The zero-order valence-electron chi connectivity index (χ0n) is 19.1. The van der Waals surface area contributed by atoms with Gasteiger partial charge in [0.2, 0.25) is 5.91 Å². The van der Waals surface area contributed by atoms with Crippen LogP contribution in [0.5, 0.6) is 11.5 Å². The van der Waals surface area contributed by atoms with Crippen molar-refractivity contribution in [2.24, 2.45) is 0 Å². The summed E-state index contributed by atoms with van der Waals surface area (Å²) < 4.78 is 11.3. The summed E-state index contributed by atoms with van der Waals surface area (Å²) in [6.07, 6.45) is 1.06. The van der Waals surface area contributed by atoms with Crippen LogP contribution in [0.1, 0.15) is 31.4 Å². The first-order chi connectivity index (χ1) is 16.3. The molecule has 2 aliphatic rings. The van der Waals surface area contributed by atoms with E-state index in [0.717, 1.165) is 16.9 Å². The van der Waals surface area contributed by atoms with Crippen LogP contribution in [-0.2, 0) is 26.3 Å². The fourth-order valence-corrected chi connectivity index (χ4v) is 4.04. The molecule has 0 saturated carbocycles. The van der Waals surface area contributed by atoms with Crippen molar-refractivity contribution in [3.05, 3.63) is 59.7 Å². The summed E-state index contributed by atoms with van der Waals surface area (Å²) in [7, 11) is 0. The lowest BCUT2D eigenvalue weighted by molar-refractivity contribution is -0.135. The van der Waals surface area contributed by atoms with Crippen molar-refractivity contribution >= 4 is 23.6 Å². The third-order valence-corrected chi connectivity index (χ3v) is 6.01. The van der Waals surface area contributed by atoms with Crippen LogP contribution < -0.4 is 20.1 Å². The van der Waals surface area contributed by atoms with Gasteiger partial charge < -0.3 is 20.1 Å². The topological polar surface area (TPSA) is 114 Å². The largest absolute Gasteiger partial charge is 0.490 e. The zero-order valence-corrected chi connectivity index (χ0v) is 19.1. The molecule has 2 aromatic carbocycles. The Morgan fingerprint density at radius 1 is 1.09 bits per heavy atom. The van der Waals surface area contributed by atoms with Crippen molar-refractivity contribution in [1.82, 2.24) is 15.5 Å². The first-order valence-electron chi connectivity index (χ1n) is 11.2. The van der Waals surface area contributed by atoms with Crippen molar-refractivity contribution in [3.63, 3.8) is 0 Å². The predicted molar refractivity (Wildman–Crippen MR) is 122 cm³/mol. The molecule has 178 valence electrons. The molecule has 0 radical (unpaired) electrons. The van der Waals surface area contributed by atoms with Crippen molar-refractivity contribution in [1.29, 1.82) is 0 Å². The van der Waals surface area contributed by atoms with E-state index in [2.05, 4.69) is 10.6 Å². The van der Waals surface area contributed by atoms with Gasteiger partial charge in [-0.3, -0.25) is 19.3 Å². The van der Waals surface area contributed by atoms with Crippen LogP contribution in [0.25, 0.3) is 0 Å². The number of urea groups is 1. The van der Waals surface area contributed by atoms with Gasteiger partial charge in [0, 0.05) is 6.42 Å². The standard InChI is InChI=1S/C25H27N3O6/c1-16(29)19(13-17-7-4-3-5-8-17)26-22(30)15-28-23(31)25(2,27-24(28)32)18-9-10-20-21(14-18)34-12-6-11-33-20/h3-5,7-10,14,19H,6,11-13,15H2,1-2H3,(H,26,30)(H,27,32)/t19-,25+/m1/s1. The van der Waals surface area contributed by atoms with E-state index in [1.165, 1.54) is 6.92 Å². The monoisotopic (exact) mass is 465 g/mol. The molecular formula is C25H27N3O6. The number of Topliss-reactive ketones (excluding diaryl/α,β-unsaturated/α-hetero) is 1. The summed E-state index contributed by atoms with van der Waals surface area (Å²) in [6, 6.07) is 12.9. The van der Waals surface area contributed by atoms with E-state index < -0.39 is 36.0 Å². The average Bonchev–Trinajstić information content (AvgIpc) is 2.97. The smallest absolute Gasteiger partial charge is 0.325 e. The van der Waals surface area contributed by atoms with Crippen molar-refractivity contribution in [2.75, 3.05) is 19.8 Å². The maximum atomic E-state index is 13.2. The van der Waals surface area contributed by atoms with E-state index in [1.807, 2.05) is 30.3 Å². The number of fused-ring (bicyclic) bond motifs is 1. The molecule has 0 aromatic heterocycles. The molecule has 4 rings (SSSR count). The Bertz CT molecular complexity index is 1120. The van der Waals surface area contributed by atoms with E-state index in [-0.39, 0.29) is 5.78 Å². The highest BCUT2D eigenvalue weighted by Crippen LogP contribution is 2.36. The fraction of sp³-hybridized carbons (Fsp3) is 0.360. The molecule has 0 unspecified atom stereocenters. The highest BCUT2D eigenvalue weighted by Gasteiger charge is 2.50. The van der Waals surface area contributed by atoms with Crippen LogP contribution >= 0.6 is 0 Å². The number of ether oxygens (including phenoxy) is 2. The van der Waals surface area contributed by atoms with Gasteiger partial charge in [0.25, 0.3) is 5.91 Å². The van der Waals surface area contributed by atoms with Gasteiger partial charge in [-0.25, -0.2) is 4.79 Å². The van der Waals surface area contributed by atoms with Gasteiger partial charge in [0.05, 0.1) is 19.3 Å². The molecule has 2 heterocycles.